The molecule has 1 unspecified atom stereocenters. The van der Waals surface area contributed by atoms with Gasteiger partial charge in [0.05, 0.1) is 13.1 Å². The molecule has 0 aromatic heterocycles. The van der Waals surface area contributed by atoms with Crippen molar-refractivity contribution < 1.29 is 32.7 Å². The maximum atomic E-state index is 12.1. The van der Waals surface area contributed by atoms with E-state index < -0.39 is 12.1 Å². The van der Waals surface area contributed by atoms with Crippen LogP contribution in [-0.2, 0) is 14.4 Å². The number of piperazine rings is 2. The molecule has 0 spiro atoms. The van der Waals surface area contributed by atoms with Crippen molar-refractivity contribution in [1.29, 1.82) is 0 Å². The number of halogens is 3. The van der Waals surface area contributed by atoms with Gasteiger partial charge in [0.1, 0.15) is 0 Å². The Bertz CT molecular complexity index is 473. The third kappa shape index (κ3) is 6.32. The lowest BCUT2D eigenvalue weighted by atomic mass is 10.2. The quantitative estimate of drug-likeness (QED) is 0.580. The van der Waals surface area contributed by atoms with Crippen molar-refractivity contribution in [3.05, 3.63) is 0 Å². The SMILES string of the molecule is CC1CNCCN1C(=O)CN1CCNCC1=O.O=C(O)C(F)(F)F. The number of hydrogen-bond acceptors (Lipinski definition) is 5. The van der Waals surface area contributed by atoms with Gasteiger partial charge in [-0.2, -0.15) is 13.2 Å². The van der Waals surface area contributed by atoms with Crippen molar-refractivity contribution in [1.82, 2.24) is 20.4 Å². The molecule has 2 rings (SSSR count). The average Bonchev–Trinajstić information content (AvgIpc) is 2.49. The van der Waals surface area contributed by atoms with E-state index in [1.807, 2.05) is 11.8 Å². The molecule has 2 saturated heterocycles. The van der Waals surface area contributed by atoms with Gasteiger partial charge in [-0.05, 0) is 6.92 Å². The van der Waals surface area contributed by atoms with E-state index in [2.05, 4.69) is 10.6 Å². The van der Waals surface area contributed by atoms with Crippen LogP contribution in [0.25, 0.3) is 0 Å². The summed E-state index contributed by atoms with van der Waals surface area (Å²) in [7, 11) is 0. The van der Waals surface area contributed by atoms with Gasteiger partial charge in [0, 0.05) is 38.8 Å². The fourth-order valence-electron chi connectivity index (χ4n) is 2.28. The highest BCUT2D eigenvalue weighted by Crippen LogP contribution is 2.13. The second kappa shape index (κ2) is 8.83. The van der Waals surface area contributed by atoms with Crippen molar-refractivity contribution >= 4 is 17.8 Å². The molecule has 8 nitrogen and oxygen atoms in total. The lowest BCUT2D eigenvalue weighted by molar-refractivity contribution is -0.192. The summed E-state index contributed by atoms with van der Waals surface area (Å²) in [6, 6.07) is 0.217. The Labute approximate surface area is 137 Å². The second-order valence-electron chi connectivity index (χ2n) is 5.44. The standard InChI is InChI=1S/C11H20N4O2.C2HF3O2/c1-9-6-12-3-5-15(9)11(17)8-14-4-2-13-7-10(14)16;3-2(4,5)1(6)7/h9,12-13H,2-8H2,1H3;(H,6,7). The number of nitrogens with one attached hydrogen (secondary N) is 2. The van der Waals surface area contributed by atoms with Crippen LogP contribution in [0.4, 0.5) is 13.2 Å². The maximum Gasteiger partial charge on any atom is 0.490 e. The van der Waals surface area contributed by atoms with Crippen LogP contribution in [0.15, 0.2) is 0 Å². The molecule has 3 N–H and O–H groups in total. The summed E-state index contributed by atoms with van der Waals surface area (Å²) in [5.74, 6) is -2.67. The first-order chi connectivity index (χ1) is 11.1. The molecule has 0 bridgehead atoms. The number of carboxylic acids is 1. The normalized spacial score (nSPS) is 21.8. The zero-order chi connectivity index (χ0) is 18.3. The summed E-state index contributed by atoms with van der Waals surface area (Å²) in [5, 5.41) is 13.4. The molecule has 0 radical (unpaired) electrons. The van der Waals surface area contributed by atoms with E-state index in [0.29, 0.717) is 13.1 Å². The molecule has 0 aromatic rings. The Balaban J connectivity index is 0.000000351. The van der Waals surface area contributed by atoms with Crippen LogP contribution in [0.5, 0.6) is 0 Å². The van der Waals surface area contributed by atoms with Crippen LogP contribution in [0.2, 0.25) is 0 Å². The van der Waals surface area contributed by atoms with Gasteiger partial charge in [-0.3, -0.25) is 9.59 Å². The summed E-state index contributed by atoms with van der Waals surface area (Å²) in [4.78, 5) is 36.1. The Morgan fingerprint density at radius 1 is 1.25 bits per heavy atom. The van der Waals surface area contributed by atoms with Crippen molar-refractivity contribution in [2.75, 3.05) is 45.8 Å². The van der Waals surface area contributed by atoms with E-state index in [0.717, 1.165) is 26.2 Å². The van der Waals surface area contributed by atoms with Gasteiger partial charge in [0.15, 0.2) is 0 Å². The first-order valence-electron chi connectivity index (χ1n) is 7.41. The monoisotopic (exact) mass is 354 g/mol. The highest BCUT2D eigenvalue weighted by atomic mass is 19.4. The van der Waals surface area contributed by atoms with E-state index in [1.165, 1.54) is 0 Å². The highest BCUT2D eigenvalue weighted by Gasteiger charge is 2.38. The topological polar surface area (TPSA) is 102 Å². The number of aliphatic carboxylic acids is 1. The number of carbonyl (C=O) groups excluding carboxylic acids is 2. The minimum absolute atomic E-state index is 0.0207. The first-order valence-corrected chi connectivity index (χ1v) is 7.41. The average molecular weight is 354 g/mol. The van der Waals surface area contributed by atoms with E-state index in [9.17, 15) is 22.8 Å². The molecule has 0 aromatic carbocycles. The molecule has 2 heterocycles. The van der Waals surface area contributed by atoms with Crippen molar-refractivity contribution in [3.8, 4) is 0 Å². The van der Waals surface area contributed by atoms with Gasteiger partial charge < -0.3 is 25.5 Å². The molecular weight excluding hydrogens is 333 g/mol. The Morgan fingerprint density at radius 3 is 2.33 bits per heavy atom. The second-order valence-corrected chi connectivity index (χ2v) is 5.44. The predicted octanol–water partition coefficient (Wildman–Crippen LogP) is -1.13. The summed E-state index contributed by atoms with van der Waals surface area (Å²) >= 11 is 0. The van der Waals surface area contributed by atoms with Crippen molar-refractivity contribution in [2.24, 2.45) is 0 Å². The molecule has 2 fully saturated rings. The molecule has 24 heavy (non-hydrogen) atoms. The summed E-state index contributed by atoms with van der Waals surface area (Å²) in [5.41, 5.74) is 0. The smallest absolute Gasteiger partial charge is 0.475 e. The summed E-state index contributed by atoms with van der Waals surface area (Å²) in [6.07, 6.45) is -5.08. The number of hydrogen-bond donors (Lipinski definition) is 3. The van der Waals surface area contributed by atoms with Crippen LogP contribution in [0, 0.1) is 0 Å². The Morgan fingerprint density at radius 2 is 1.83 bits per heavy atom. The number of alkyl halides is 3. The van der Waals surface area contributed by atoms with Crippen LogP contribution < -0.4 is 10.6 Å². The lowest BCUT2D eigenvalue weighted by Crippen LogP contribution is -2.57. The molecule has 2 aliphatic rings. The maximum absolute atomic E-state index is 12.1. The van der Waals surface area contributed by atoms with Gasteiger partial charge >= 0.3 is 12.1 Å². The van der Waals surface area contributed by atoms with Crippen LogP contribution in [0.1, 0.15) is 6.92 Å². The molecule has 11 heteroatoms. The third-order valence-corrected chi connectivity index (χ3v) is 3.58. The minimum atomic E-state index is -5.08. The molecule has 138 valence electrons. The van der Waals surface area contributed by atoms with Gasteiger partial charge in [0.25, 0.3) is 0 Å². The van der Waals surface area contributed by atoms with Crippen LogP contribution in [0.3, 0.4) is 0 Å². The molecule has 0 aliphatic carbocycles. The van der Waals surface area contributed by atoms with E-state index in [1.54, 1.807) is 4.90 Å². The van der Waals surface area contributed by atoms with E-state index >= 15 is 0 Å². The van der Waals surface area contributed by atoms with Gasteiger partial charge in [0.2, 0.25) is 11.8 Å². The fraction of sp³-hybridized carbons (Fsp3) is 0.769. The van der Waals surface area contributed by atoms with E-state index in [-0.39, 0.29) is 24.4 Å². The van der Waals surface area contributed by atoms with E-state index in [4.69, 9.17) is 9.90 Å². The van der Waals surface area contributed by atoms with Crippen LogP contribution in [-0.4, -0.2) is 90.7 Å². The summed E-state index contributed by atoms with van der Waals surface area (Å²) < 4.78 is 31.7. The Hall–Kier alpha value is -1.88. The van der Waals surface area contributed by atoms with Gasteiger partial charge in [-0.25, -0.2) is 4.79 Å². The molecule has 0 saturated carbocycles. The number of amides is 2. The van der Waals surface area contributed by atoms with Gasteiger partial charge in [-0.15, -0.1) is 0 Å². The number of rotatable bonds is 2. The lowest BCUT2D eigenvalue weighted by Gasteiger charge is -2.36. The highest BCUT2D eigenvalue weighted by molar-refractivity contribution is 5.86. The molecule has 1 atom stereocenters. The largest absolute Gasteiger partial charge is 0.490 e. The number of nitrogens with zero attached hydrogens (tertiary/aromatic N) is 2. The fourth-order valence-corrected chi connectivity index (χ4v) is 2.28. The zero-order valence-corrected chi connectivity index (χ0v) is 13.2. The van der Waals surface area contributed by atoms with Gasteiger partial charge in [-0.1, -0.05) is 0 Å². The predicted molar refractivity (Wildman–Crippen MR) is 77.2 cm³/mol. The molecule has 2 amide bonds. The number of carboxylic acid groups (broad SMARTS) is 1. The Kier molecular flexibility index (Phi) is 7.42. The third-order valence-electron chi connectivity index (χ3n) is 3.58. The first kappa shape index (κ1) is 20.2. The molecule has 2 aliphatic heterocycles. The number of carbonyl (C=O) groups is 3. The zero-order valence-electron chi connectivity index (χ0n) is 13.2. The summed E-state index contributed by atoms with van der Waals surface area (Å²) in [6.45, 7) is 6.42. The van der Waals surface area contributed by atoms with Crippen molar-refractivity contribution in [3.63, 3.8) is 0 Å². The molecular formula is C13H21F3N4O4. The van der Waals surface area contributed by atoms with Crippen LogP contribution >= 0.6 is 0 Å². The minimum Gasteiger partial charge on any atom is -0.475 e. The van der Waals surface area contributed by atoms with Crippen molar-refractivity contribution in [2.45, 2.75) is 19.1 Å².